The summed E-state index contributed by atoms with van der Waals surface area (Å²) in [6, 6.07) is 11.5. The fraction of sp³-hybridized carbons (Fsp3) is 0. The van der Waals surface area contributed by atoms with Crippen molar-refractivity contribution in [2.75, 3.05) is 0 Å². The monoisotopic (exact) mass is 159 g/mol. The molecule has 12 heavy (non-hydrogen) atoms. The molecule has 0 atom stereocenters. The summed E-state index contributed by atoms with van der Waals surface area (Å²) in [5.41, 5.74) is 1.05. The van der Waals surface area contributed by atoms with Crippen molar-refractivity contribution in [3.63, 3.8) is 0 Å². The summed E-state index contributed by atoms with van der Waals surface area (Å²) in [6.45, 7) is 0. The van der Waals surface area contributed by atoms with E-state index in [-0.39, 0.29) is 0 Å². The molecule has 0 amide bonds. The lowest BCUT2D eigenvalue weighted by Gasteiger charge is -1.99. The smallest absolute Gasteiger partial charge is 0.133 e. The van der Waals surface area contributed by atoms with Crippen LogP contribution in [0.1, 0.15) is 0 Å². The summed E-state index contributed by atoms with van der Waals surface area (Å²) in [5, 5.41) is 9.09. The molecule has 2 aromatic rings. The van der Waals surface area contributed by atoms with Crippen molar-refractivity contribution in [3.8, 4) is 11.4 Å². The molecular formula is C10H9NO. The zero-order chi connectivity index (χ0) is 8.39. The van der Waals surface area contributed by atoms with E-state index in [0.717, 1.165) is 5.69 Å². The van der Waals surface area contributed by atoms with Gasteiger partial charge in [-0.15, -0.1) is 0 Å². The van der Waals surface area contributed by atoms with Crippen molar-refractivity contribution in [3.05, 3.63) is 48.8 Å². The van der Waals surface area contributed by atoms with Crippen LogP contribution in [0.3, 0.4) is 0 Å². The fourth-order valence-corrected chi connectivity index (χ4v) is 1.15. The van der Waals surface area contributed by atoms with Gasteiger partial charge in [0.1, 0.15) is 5.75 Å². The summed E-state index contributed by atoms with van der Waals surface area (Å²) in [7, 11) is 0. The van der Waals surface area contributed by atoms with Crippen LogP contribution in [0, 0.1) is 0 Å². The van der Waals surface area contributed by atoms with Crippen LogP contribution in [-0.2, 0) is 0 Å². The average molecular weight is 159 g/mol. The fourth-order valence-electron chi connectivity index (χ4n) is 1.15. The molecule has 0 spiro atoms. The van der Waals surface area contributed by atoms with Gasteiger partial charge in [0.15, 0.2) is 0 Å². The van der Waals surface area contributed by atoms with E-state index >= 15 is 0 Å². The van der Waals surface area contributed by atoms with Gasteiger partial charge in [-0.05, 0) is 18.2 Å². The van der Waals surface area contributed by atoms with Crippen LogP contribution in [0.5, 0.6) is 5.75 Å². The van der Waals surface area contributed by atoms with E-state index in [1.165, 1.54) is 0 Å². The lowest BCUT2D eigenvalue weighted by Crippen LogP contribution is -1.86. The Morgan fingerprint density at radius 3 is 2.33 bits per heavy atom. The van der Waals surface area contributed by atoms with E-state index in [2.05, 4.69) is 0 Å². The van der Waals surface area contributed by atoms with Crippen molar-refractivity contribution in [1.82, 2.24) is 4.57 Å². The van der Waals surface area contributed by atoms with Crippen LogP contribution in [0.25, 0.3) is 5.69 Å². The molecule has 0 aliphatic carbocycles. The zero-order valence-corrected chi connectivity index (χ0v) is 6.51. The number of benzene rings is 1. The Hall–Kier alpha value is -1.70. The number of hydrogen-bond acceptors (Lipinski definition) is 1. The predicted molar refractivity (Wildman–Crippen MR) is 47.4 cm³/mol. The summed E-state index contributed by atoms with van der Waals surface area (Å²) in [5.74, 6) is 0.291. The van der Waals surface area contributed by atoms with E-state index in [1.54, 1.807) is 12.3 Å². The molecule has 0 saturated carbocycles. The topological polar surface area (TPSA) is 25.2 Å². The Morgan fingerprint density at radius 1 is 1.00 bits per heavy atom. The Labute approximate surface area is 70.7 Å². The third-order valence-electron chi connectivity index (χ3n) is 1.73. The van der Waals surface area contributed by atoms with Crippen LogP contribution in [0.4, 0.5) is 0 Å². The Balaban J connectivity index is 2.45. The summed E-state index contributed by atoms with van der Waals surface area (Å²) >= 11 is 0. The number of para-hydroxylation sites is 1. The second-order valence-electron chi connectivity index (χ2n) is 2.61. The SMILES string of the molecule is Oc1ccn(-c2ccccc2)c1. The minimum absolute atomic E-state index is 0.291. The molecule has 0 radical (unpaired) electrons. The van der Waals surface area contributed by atoms with Crippen molar-refractivity contribution < 1.29 is 5.11 Å². The average Bonchev–Trinajstić information content (AvgIpc) is 2.54. The lowest BCUT2D eigenvalue weighted by atomic mass is 10.3. The summed E-state index contributed by atoms with van der Waals surface area (Å²) in [4.78, 5) is 0. The predicted octanol–water partition coefficient (Wildman–Crippen LogP) is 2.18. The van der Waals surface area contributed by atoms with Crippen LogP contribution in [0.2, 0.25) is 0 Å². The second kappa shape index (κ2) is 2.74. The largest absolute Gasteiger partial charge is 0.506 e. The first-order valence-electron chi connectivity index (χ1n) is 3.78. The Kier molecular flexibility index (Phi) is 1.59. The van der Waals surface area contributed by atoms with Gasteiger partial charge in [0.05, 0.1) is 6.20 Å². The van der Waals surface area contributed by atoms with Crippen molar-refractivity contribution >= 4 is 0 Å². The summed E-state index contributed by atoms with van der Waals surface area (Å²) in [6.07, 6.45) is 3.50. The van der Waals surface area contributed by atoms with Gasteiger partial charge in [-0.3, -0.25) is 0 Å². The normalized spacial score (nSPS) is 10.0. The number of rotatable bonds is 1. The van der Waals surface area contributed by atoms with E-state index in [0.29, 0.717) is 5.75 Å². The maximum atomic E-state index is 9.09. The lowest BCUT2D eigenvalue weighted by molar-refractivity contribution is 0.475. The highest BCUT2D eigenvalue weighted by Crippen LogP contribution is 2.13. The maximum Gasteiger partial charge on any atom is 0.133 e. The molecule has 1 heterocycles. The molecule has 60 valence electrons. The first-order chi connectivity index (χ1) is 5.86. The van der Waals surface area contributed by atoms with E-state index in [1.807, 2.05) is 41.1 Å². The highest BCUT2D eigenvalue weighted by atomic mass is 16.3. The molecular weight excluding hydrogens is 150 g/mol. The van der Waals surface area contributed by atoms with Gasteiger partial charge in [-0.2, -0.15) is 0 Å². The van der Waals surface area contributed by atoms with Gasteiger partial charge in [0.25, 0.3) is 0 Å². The van der Waals surface area contributed by atoms with Gasteiger partial charge >= 0.3 is 0 Å². The van der Waals surface area contributed by atoms with Crippen LogP contribution in [-0.4, -0.2) is 9.67 Å². The van der Waals surface area contributed by atoms with Gasteiger partial charge < -0.3 is 9.67 Å². The van der Waals surface area contributed by atoms with E-state index in [4.69, 9.17) is 5.11 Å². The molecule has 2 rings (SSSR count). The van der Waals surface area contributed by atoms with Crippen molar-refractivity contribution in [1.29, 1.82) is 0 Å². The van der Waals surface area contributed by atoms with Gasteiger partial charge in [0.2, 0.25) is 0 Å². The van der Waals surface area contributed by atoms with E-state index in [9.17, 15) is 0 Å². The molecule has 2 nitrogen and oxygen atoms in total. The first kappa shape index (κ1) is 6.98. The molecule has 2 heteroatoms. The highest BCUT2D eigenvalue weighted by molar-refractivity contribution is 5.34. The van der Waals surface area contributed by atoms with Crippen molar-refractivity contribution in [2.45, 2.75) is 0 Å². The third kappa shape index (κ3) is 1.19. The molecule has 0 aliphatic rings. The highest BCUT2D eigenvalue weighted by Gasteiger charge is 1.94. The van der Waals surface area contributed by atoms with Crippen LogP contribution in [0.15, 0.2) is 48.8 Å². The maximum absolute atomic E-state index is 9.09. The van der Waals surface area contributed by atoms with Crippen molar-refractivity contribution in [2.24, 2.45) is 0 Å². The molecule has 0 aliphatic heterocycles. The zero-order valence-electron chi connectivity index (χ0n) is 6.51. The first-order valence-corrected chi connectivity index (χ1v) is 3.78. The van der Waals surface area contributed by atoms with Gasteiger partial charge in [0, 0.05) is 11.9 Å². The number of nitrogens with zero attached hydrogens (tertiary/aromatic N) is 1. The van der Waals surface area contributed by atoms with Crippen LogP contribution >= 0.6 is 0 Å². The minimum Gasteiger partial charge on any atom is -0.506 e. The Bertz CT molecular complexity index is 364. The van der Waals surface area contributed by atoms with Gasteiger partial charge in [-0.25, -0.2) is 0 Å². The number of aromatic hydroxyl groups is 1. The quantitative estimate of drug-likeness (QED) is 0.677. The third-order valence-corrected chi connectivity index (χ3v) is 1.73. The number of aromatic nitrogens is 1. The van der Waals surface area contributed by atoms with E-state index < -0.39 is 0 Å². The molecule has 0 bridgehead atoms. The molecule has 1 aromatic heterocycles. The molecule has 1 aromatic carbocycles. The second-order valence-corrected chi connectivity index (χ2v) is 2.61. The number of hydrogen-bond donors (Lipinski definition) is 1. The van der Waals surface area contributed by atoms with Gasteiger partial charge in [-0.1, -0.05) is 18.2 Å². The Morgan fingerprint density at radius 2 is 1.75 bits per heavy atom. The molecule has 1 N–H and O–H groups in total. The molecule has 0 fully saturated rings. The van der Waals surface area contributed by atoms with Crippen LogP contribution < -0.4 is 0 Å². The molecule has 0 saturated heterocycles. The minimum atomic E-state index is 0.291. The summed E-state index contributed by atoms with van der Waals surface area (Å²) < 4.78 is 1.87. The standard InChI is InChI=1S/C10H9NO/c12-10-6-7-11(8-10)9-4-2-1-3-5-9/h1-8,12H. The molecule has 0 unspecified atom stereocenters.